The van der Waals surface area contributed by atoms with Gasteiger partial charge in [-0.3, -0.25) is 9.59 Å². The molecule has 0 aromatic rings. The lowest BCUT2D eigenvalue weighted by Gasteiger charge is -2.38. The topological polar surface area (TPSA) is 52.6 Å². The standard InChI is InChI=1S/C16H27N3O2/c1-18-8-7-12(9-18)10-19-11-14(20)17-15(16(19)21)13-5-3-2-4-6-13/h12-13,15H,2-11H2,1H3,(H,17,20). The Morgan fingerprint density at radius 1 is 1.14 bits per heavy atom. The minimum atomic E-state index is -0.259. The summed E-state index contributed by atoms with van der Waals surface area (Å²) in [6, 6.07) is -0.259. The molecule has 21 heavy (non-hydrogen) atoms. The Morgan fingerprint density at radius 2 is 1.90 bits per heavy atom. The lowest BCUT2D eigenvalue weighted by molar-refractivity contribution is -0.146. The number of piperazine rings is 1. The second kappa shape index (κ2) is 6.34. The summed E-state index contributed by atoms with van der Waals surface area (Å²) in [6.45, 7) is 3.15. The van der Waals surface area contributed by atoms with Crippen LogP contribution in [0.25, 0.3) is 0 Å². The van der Waals surface area contributed by atoms with Crippen molar-refractivity contribution in [2.24, 2.45) is 11.8 Å². The summed E-state index contributed by atoms with van der Waals surface area (Å²) in [4.78, 5) is 28.9. The van der Waals surface area contributed by atoms with Gasteiger partial charge < -0.3 is 15.1 Å². The molecule has 1 aliphatic carbocycles. The smallest absolute Gasteiger partial charge is 0.245 e. The average molecular weight is 293 g/mol. The molecule has 118 valence electrons. The van der Waals surface area contributed by atoms with Gasteiger partial charge in [0, 0.05) is 13.1 Å². The third kappa shape index (κ3) is 3.39. The third-order valence-corrected chi connectivity index (χ3v) is 5.32. The maximum atomic E-state index is 12.7. The Hall–Kier alpha value is -1.10. The number of amides is 2. The number of carbonyl (C=O) groups is 2. The highest BCUT2D eigenvalue weighted by Gasteiger charge is 2.39. The summed E-state index contributed by atoms with van der Waals surface area (Å²) in [5, 5.41) is 2.96. The van der Waals surface area contributed by atoms with E-state index in [4.69, 9.17) is 0 Å². The molecule has 2 unspecified atom stereocenters. The second-order valence-corrected chi connectivity index (χ2v) is 7.08. The lowest BCUT2D eigenvalue weighted by Crippen LogP contribution is -2.61. The number of likely N-dealkylation sites (tertiary alicyclic amines) is 1. The van der Waals surface area contributed by atoms with E-state index >= 15 is 0 Å². The zero-order chi connectivity index (χ0) is 14.8. The molecule has 2 saturated heterocycles. The van der Waals surface area contributed by atoms with Crippen LogP contribution in [0.3, 0.4) is 0 Å². The van der Waals surface area contributed by atoms with Crippen LogP contribution in [0.2, 0.25) is 0 Å². The van der Waals surface area contributed by atoms with Gasteiger partial charge in [0.25, 0.3) is 0 Å². The minimum absolute atomic E-state index is 0.0246. The molecule has 1 N–H and O–H groups in total. The van der Waals surface area contributed by atoms with Crippen molar-refractivity contribution in [2.45, 2.75) is 44.6 Å². The van der Waals surface area contributed by atoms with Crippen LogP contribution in [0.1, 0.15) is 38.5 Å². The summed E-state index contributed by atoms with van der Waals surface area (Å²) in [7, 11) is 2.12. The Bertz CT molecular complexity index is 406. The second-order valence-electron chi connectivity index (χ2n) is 7.08. The third-order valence-electron chi connectivity index (χ3n) is 5.32. The molecule has 3 aliphatic rings. The zero-order valence-electron chi connectivity index (χ0n) is 13.0. The molecule has 5 nitrogen and oxygen atoms in total. The average Bonchev–Trinajstić information content (AvgIpc) is 2.89. The van der Waals surface area contributed by atoms with E-state index in [2.05, 4.69) is 17.3 Å². The fourth-order valence-electron chi connectivity index (χ4n) is 4.16. The molecule has 3 fully saturated rings. The van der Waals surface area contributed by atoms with Gasteiger partial charge >= 0.3 is 0 Å². The molecule has 0 aromatic carbocycles. The molecule has 3 rings (SSSR count). The molecule has 5 heteroatoms. The predicted octanol–water partition coefficient (Wildman–Crippen LogP) is 0.845. The van der Waals surface area contributed by atoms with Crippen molar-refractivity contribution >= 4 is 11.8 Å². The van der Waals surface area contributed by atoms with Crippen LogP contribution < -0.4 is 5.32 Å². The Kier molecular flexibility index (Phi) is 4.48. The maximum Gasteiger partial charge on any atom is 0.245 e. The van der Waals surface area contributed by atoms with Crippen molar-refractivity contribution in [2.75, 3.05) is 33.2 Å². The summed E-state index contributed by atoms with van der Waals surface area (Å²) in [5.74, 6) is 1.06. The summed E-state index contributed by atoms with van der Waals surface area (Å²) in [5.41, 5.74) is 0. The van der Waals surface area contributed by atoms with Gasteiger partial charge in [0.15, 0.2) is 0 Å². The molecule has 0 spiro atoms. The first kappa shape index (κ1) is 14.8. The van der Waals surface area contributed by atoms with Crippen molar-refractivity contribution in [1.82, 2.24) is 15.1 Å². The molecule has 2 amide bonds. The number of carbonyl (C=O) groups excluding carboxylic acids is 2. The van der Waals surface area contributed by atoms with Crippen molar-refractivity contribution in [3.8, 4) is 0 Å². The molecule has 0 bridgehead atoms. The molecule has 2 heterocycles. The van der Waals surface area contributed by atoms with Crippen LogP contribution in [-0.2, 0) is 9.59 Å². The van der Waals surface area contributed by atoms with E-state index in [9.17, 15) is 9.59 Å². The van der Waals surface area contributed by atoms with Gasteiger partial charge in [-0.05, 0) is 44.7 Å². The van der Waals surface area contributed by atoms with Crippen molar-refractivity contribution in [3.05, 3.63) is 0 Å². The highest BCUT2D eigenvalue weighted by molar-refractivity contribution is 5.95. The van der Waals surface area contributed by atoms with Gasteiger partial charge in [-0.15, -0.1) is 0 Å². The van der Waals surface area contributed by atoms with Gasteiger partial charge in [-0.2, -0.15) is 0 Å². The molecule has 0 radical (unpaired) electrons. The van der Waals surface area contributed by atoms with Crippen LogP contribution >= 0.6 is 0 Å². The van der Waals surface area contributed by atoms with Gasteiger partial charge in [0.2, 0.25) is 11.8 Å². The van der Waals surface area contributed by atoms with Crippen molar-refractivity contribution in [3.63, 3.8) is 0 Å². The van der Waals surface area contributed by atoms with Crippen LogP contribution in [0, 0.1) is 11.8 Å². The fraction of sp³-hybridized carbons (Fsp3) is 0.875. The van der Waals surface area contributed by atoms with Crippen LogP contribution in [0.4, 0.5) is 0 Å². The SMILES string of the molecule is CN1CCC(CN2CC(=O)NC(C3CCCCC3)C2=O)C1. The number of hydrogen-bond donors (Lipinski definition) is 1. The summed E-state index contributed by atoms with van der Waals surface area (Å²) < 4.78 is 0. The number of nitrogens with one attached hydrogen (secondary N) is 1. The molecule has 2 aliphatic heterocycles. The first-order valence-electron chi connectivity index (χ1n) is 8.40. The number of hydrogen-bond acceptors (Lipinski definition) is 3. The van der Waals surface area contributed by atoms with E-state index in [-0.39, 0.29) is 24.4 Å². The van der Waals surface area contributed by atoms with Crippen LogP contribution in [-0.4, -0.2) is 60.9 Å². The summed E-state index contributed by atoms with van der Waals surface area (Å²) in [6.07, 6.45) is 6.95. The molecular weight excluding hydrogens is 266 g/mol. The van der Waals surface area contributed by atoms with E-state index < -0.39 is 0 Å². The Balaban J connectivity index is 1.63. The van der Waals surface area contributed by atoms with E-state index in [1.807, 2.05) is 4.90 Å². The van der Waals surface area contributed by atoms with E-state index in [1.165, 1.54) is 19.3 Å². The van der Waals surface area contributed by atoms with Crippen LogP contribution in [0.5, 0.6) is 0 Å². The quantitative estimate of drug-likeness (QED) is 0.839. The lowest BCUT2D eigenvalue weighted by atomic mass is 9.82. The van der Waals surface area contributed by atoms with Gasteiger partial charge in [0.1, 0.15) is 6.04 Å². The van der Waals surface area contributed by atoms with E-state index in [0.717, 1.165) is 38.9 Å². The van der Waals surface area contributed by atoms with E-state index in [0.29, 0.717) is 11.8 Å². The van der Waals surface area contributed by atoms with Gasteiger partial charge in [-0.25, -0.2) is 0 Å². The first-order chi connectivity index (χ1) is 10.1. The summed E-state index contributed by atoms with van der Waals surface area (Å²) >= 11 is 0. The first-order valence-corrected chi connectivity index (χ1v) is 8.40. The van der Waals surface area contributed by atoms with E-state index in [1.54, 1.807) is 0 Å². The van der Waals surface area contributed by atoms with Gasteiger partial charge in [0.05, 0.1) is 6.54 Å². The number of rotatable bonds is 3. The monoisotopic (exact) mass is 293 g/mol. The van der Waals surface area contributed by atoms with Crippen LogP contribution in [0.15, 0.2) is 0 Å². The van der Waals surface area contributed by atoms with Crippen molar-refractivity contribution in [1.29, 1.82) is 0 Å². The molecule has 0 aromatic heterocycles. The Morgan fingerprint density at radius 3 is 2.57 bits per heavy atom. The molecular formula is C16H27N3O2. The van der Waals surface area contributed by atoms with Gasteiger partial charge in [-0.1, -0.05) is 19.3 Å². The molecule has 2 atom stereocenters. The fourth-order valence-corrected chi connectivity index (χ4v) is 4.16. The highest BCUT2D eigenvalue weighted by Crippen LogP contribution is 2.29. The zero-order valence-corrected chi connectivity index (χ0v) is 13.0. The Labute approximate surface area is 127 Å². The maximum absolute atomic E-state index is 12.7. The predicted molar refractivity (Wildman–Crippen MR) is 80.7 cm³/mol. The number of nitrogens with zero attached hydrogens (tertiary/aromatic N) is 2. The largest absolute Gasteiger partial charge is 0.342 e. The highest BCUT2D eigenvalue weighted by atomic mass is 16.2. The molecule has 1 saturated carbocycles. The normalized spacial score (nSPS) is 32.5. The van der Waals surface area contributed by atoms with Crippen molar-refractivity contribution < 1.29 is 9.59 Å². The minimum Gasteiger partial charge on any atom is -0.342 e.